The summed E-state index contributed by atoms with van der Waals surface area (Å²) in [6, 6.07) is 3.66. The van der Waals surface area contributed by atoms with Crippen LogP contribution in [0.1, 0.15) is 12.5 Å². The highest BCUT2D eigenvalue weighted by atomic mass is 19.1. The van der Waals surface area contributed by atoms with Crippen molar-refractivity contribution in [2.45, 2.75) is 19.5 Å². The van der Waals surface area contributed by atoms with Gasteiger partial charge in [-0.1, -0.05) is 0 Å². The number of rotatable bonds is 4. The lowest BCUT2D eigenvalue weighted by atomic mass is 10.1. The third kappa shape index (κ3) is 3.48. The molecule has 2 aromatic rings. The molecule has 1 aromatic carbocycles. The van der Waals surface area contributed by atoms with E-state index in [4.69, 9.17) is 0 Å². The van der Waals surface area contributed by atoms with Gasteiger partial charge in [0.25, 0.3) is 0 Å². The summed E-state index contributed by atoms with van der Waals surface area (Å²) in [5.41, 5.74) is 4.02. The number of aromatic nitrogens is 2. The van der Waals surface area contributed by atoms with E-state index in [9.17, 15) is 4.39 Å². The summed E-state index contributed by atoms with van der Waals surface area (Å²) >= 11 is 0. The first-order valence-corrected chi connectivity index (χ1v) is 8.96. The lowest BCUT2D eigenvalue weighted by Crippen LogP contribution is -2.49. The van der Waals surface area contributed by atoms with Crippen molar-refractivity contribution in [3.8, 4) is 0 Å². The molecule has 1 unspecified atom stereocenters. The van der Waals surface area contributed by atoms with Crippen LogP contribution in [0.15, 0.2) is 48.2 Å². The molecule has 0 radical (unpaired) electrons. The maximum atomic E-state index is 14.4. The van der Waals surface area contributed by atoms with Crippen LogP contribution < -0.4 is 16.0 Å². The van der Waals surface area contributed by atoms with Crippen LogP contribution in [0.4, 0.5) is 4.39 Å². The van der Waals surface area contributed by atoms with Crippen molar-refractivity contribution in [2.24, 2.45) is 0 Å². The molecule has 0 amide bonds. The van der Waals surface area contributed by atoms with Crippen molar-refractivity contribution in [3.63, 3.8) is 0 Å². The first-order chi connectivity index (χ1) is 12.7. The van der Waals surface area contributed by atoms with Gasteiger partial charge in [0.15, 0.2) is 0 Å². The van der Waals surface area contributed by atoms with Gasteiger partial charge in [-0.15, -0.1) is 0 Å². The number of fused-ring (bicyclic) bond motifs is 1. The van der Waals surface area contributed by atoms with E-state index >= 15 is 0 Å². The summed E-state index contributed by atoms with van der Waals surface area (Å²) in [7, 11) is 0. The van der Waals surface area contributed by atoms with Gasteiger partial charge in [0.05, 0.1) is 22.4 Å². The van der Waals surface area contributed by atoms with Crippen molar-refractivity contribution in [2.75, 3.05) is 26.2 Å². The molecule has 3 N–H and O–H groups in total. The number of halogens is 1. The van der Waals surface area contributed by atoms with Crippen LogP contribution in [0.5, 0.6) is 0 Å². The number of piperazine rings is 1. The minimum atomic E-state index is -0.267. The molecule has 2 aliphatic heterocycles. The average molecular weight is 354 g/mol. The quantitative estimate of drug-likeness (QED) is 0.773. The third-order valence-corrected chi connectivity index (χ3v) is 4.75. The Hall–Kier alpha value is -2.67. The molecule has 0 saturated carbocycles. The smallest absolute Gasteiger partial charge is 0.130 e. The Balaban J connectivity index is 1.50. The van der Waals surface area contributed by atoms with Crippen LogP contribution in [0.3, 0.4) is 0 Å². The number of dihydropyridines is 1. The Bertz CT molecular complexity index is 862. The van der Waals surface area contributed by atoms with Crippen molar-refractivity contribution in [3.05, 3.63) is 59.6 Å². The van der Waals surface area contributed by atoms with Gasteiger partial charge in [-0.3, -0.25) is 9.97 Å². The van der Waals surface area contributed by atoms with Gasteiger partial charge in [-0.2, -0.15) is 0 Å². The summed E-state index contributed by atoms with van der Waals surface area (Å²) in [6.07, 6.45) is 7.35. The van der Waals surface area contributed by atoms with Crippen LogP contribution >= 0.6 is 0 Å². The lowest BCUT2D eigenvalue weighted by Gasteiger charge is -2.37. The van der Waals surface area contributed by atoms with E-state index in [0.29, 0.717) is 29.2 Å². The van der Waals surface area contributed by atoms with Gasteiger partial charge in [0.2, 0.25) is 0 Å². The van der Waals surface area contributed by atoms with Gasteiger partial charge in [-0.05, 0) is 19.1 Å². The fourth-order valence-electron chi connectivity index (χ4n) is 3.45. The van der Waals surface area contributed by atoms with Crippen molar-refractivity contribution in [1.29, 1.82) is 0 Å². The van der Waals surface area contributed by atoms with Gasteiger partial charge >= 0.3 is 0 Å². The Labute approximate surface area is 152 Å². The molecule has 0 spiro atoms. The van der Waals surface area contributed by atoms with E-state index in [-0.39, 0.29) is 5.82 Å². The minimum Gasteiger partial charge on any atom is -0.386 e. The molecule has 6 nitrogen and oxygen atoms in total. The molecule has 7 heteroatoms. The molecule has 1 fully saturated rings. The van der Waals surface area contributed by atoms with E-state index in [1.807, 2.05) is 6.20 Å². The van der Waals surface area contributed by atoms with Crippen molar-refractivity contribution in [1.82, 2.24) is 30.8 Å². The summed E-state index contributed by atoms with van der Waals surface area (Å²) in [5.74, 6) is -0.267. The normalized spacial score (nSPS) is 20.4. The van der Waals surface area contributed by atoms with Crippen LogP contribution in [-0.4, -0.2) is 47.1 Å². The molecule has 2 aliphatic rings. The largest absolute Gasteiger partial charge is 0.386 e. The molecular formula is C19H23FN6. The third-order valence-electron chi connectivity index (χ3n) is 4.75. The Morgan fingerprint density at radius 3 is 2.88 bits per heavy atom. The highest BCUT2D eigenvalue weighted by Crippen LogP contribution is 2.20. The molecule has 26 heavy (non-hydrogen) atoms. The zero-order chi connectivity index (χ0) is 17.9. The number of nitrogens with one attached hydrogen (secondary N) is 3. The molecule has 1 atom stereocenters. The van der Waals surface area contributed by atoms with E-state index in [2.05, 4.69) is 43.8 Å². The van der Waals surface area contributed by atoms with Crippen LogP contribution in [0.2, 0.25) is 0 Å². The highest BCUT2D eigenvalue weighted by Gasteiger charge is 2.21. The standard InChI is InChI=1S/C19H23FN6/c1-13-12-26(7-6-22-13)19-2-3-21-11-18(19)25-10-14-8-16-17(9-15(14)20)24-5-4-23-16/h2,4-5,8-9,11,13,21-22,25H,3,6-7,10,12H2,1H3. The molecule has 1 saturated heterocycles. The fraction of sp³-hybridized carbons (Fsp3) is 0.368. The SMILES string of the molecule is CC1CN(C2=CCNC=C2NCc2cc3nccnc3cc2F)CCN1. The van der Waals surface area contributed by atoms with E-state index in [1.54, 1.807) is 18.5 Å². The van der Waals surface area contributed by atoms with Gasteiger partial charge in [-0.25, -0.2) is 4.39 Å². The first kappa shape index (κ1) is 16.8. The zero-order valence-corrected chi connectivity index (χ0v) is 14.8. The van der Waals surface area contributed by atoms with Gasteiger partial charge < -0.3 is 20.9 Å². The zero-order valence-electron chi connectivity index (χ0n) is 14.8. The lowest BCUT2D eigenvalue weighted by molar-refractivity contribution is 0.256. The fourth-order valence-corrected chi connectivity index (χ4v) is 3.45. The molecule has 1 aromatic heterocycles. The number of nitrogens with zero attached hydrogens (tertiary/aromatic N) is 3. The van der Waals surface area contributed by atoms with E-state index < -0.39 is 0 Å². The predicted octanol–water partition coefficient (Wildman–Crippen LogP) is 1.48. The van der Waals surface area contributed by atoms with Crippen LogP contribution in [0, 0.1) is 5.82 Å². The first-order valence-electron chi connectivity index (χ1n) is 8.96. The monoisotopic (exact) mass is 354 g/mol. The second kappa shape index (κ2) is 7.29. The minimum absolute atomic E-state index is 0.267. The molecule has 0 bridgehead atoms. The van der Waals surface area contributed by atoms with Crippen LogP contribution in [-0.2, 0) is 6.54 Å². The second-order valence-corrected chi connectivity index (χ2v) is 6.70. The maximum absolute atomic E-state index is 14.4. The highest BCUT2D eigenvalue weighted by molar-refractivity contribution is 5.74. The topological polar surface area (TPSA) is 65.1 Å². The molecule has 3 heterocycles. The summed E-state index contributed by atoms with van der Waals surface area (Å²) in [6.45, 7) is 6.29. The van der Waals surface area contributed by atoms with Crippen LogP contribution in [0.25, 0.3) is 11.0 Å². The summed E-state index contributed by atoms with van der Waals surface area (Å²) in [4.78, 5) is 10.8. The molecular weight excluding hydrogens is 331 g/mol. The molecule has 136 valence electrons. The maximum Gasteiger partial charge on any atom is 0.130 e. The van der Waals surface area contributed by atoms with Gasteiger partial charge in [0.1, 0.15) is 5.82 Å². The Morgan fingerprint density at radius 2 is 2.08 bits per heavy atom. The van der Waals surface area contributed by atoms with E-state index in [0.717, 1.165) is 31.9 Å². The molecule has 0 aliphatic carbocycles. The van der Waals surface area contributed by atoms with E-state index in [1.165, 1.54) is 11.8 Å². The Morgan fingerprint density at radius 1 is 1.27 bits per heavy atom. The van der Waals surface area contributed by atoms with Crippen molar-refractivity contribution < 1.29 is 4.39 Å². The summed E-state index contributed by atoms with van der Waals surface area (Å²) < 4.78 is 14.4. The van der Waals surface area contributed by atoms with Crippen molar-refractivity contribution >= 4 is 11.0 Å². The molecule has 4 rings (SSSR count). The average Bonchev–Trinajstić information content (AvgIpc) is 2.66. The second-order valence-electron chi connectivity index (χ2n) is 6.70. The Kier molecular flexibility index (Phi) is 4.71. The number of hydrogen-bond donors (Lipinski definition) is 3. The number of benzene rings is 1. The number of hydrogen-bond acceptors (Lipinski definition) is 6. The van der Waals surface area contributed by atoms with Gasteiger partial charge in [0, 0.05) is 69.0 Å². The predicted molar refractivity (Wildman–Crippen MR) is 99.5 cm³/mol. The summed E-state index contributed by atoms with van der Waals surface area (Å²) in [5, 5.41) is 10.1.